The fourth-order valence-corrected chi connectivity index (χ4v) is 2.67. The zero-order chi connectivity index (χ0) is 12.3. The van der Waals surface area contributed by atoms with Gasteiger partial charge >= 0.3 is 0 Å². The maximum atomic E-state index is 5.88. The molecule has 1 heterocycles. The highest BCUT2D eigenvalue weighted by Crippen LogP contribution is 2.31. The van der Waals surface area contributed by atoms with E-state index in [2.05, 4.69) is 43.4 Å². The molecule has 0 aromatic heterocycles. The van der Waals surface area contributed by atoms with E-state index in [1.807, 2.05) is 7.05 Å². The van der Waals surface area contributed by atoms with Crippen molar-refractivity contribution in [2.24, 2.45) is 5.92 Å². The lowest BCUT2D eigenvalue weighted by atomic mass is 9.91. The highest BCUT2D eigenvalue weighted by molar-refractivity contribution is 5.27. The standard InChI is InChI=1S/C15H23NO/c1-4-12-6-5-7-13(10-12)14(16-3)15-11(2)8-9-17-15/h5-7,10-11,14-16H,4,8-9H2,1-3H3. The Bertz CT molecular complexity index is 364. The number of aryl methyl sites for hydroxylation is 1. The molecule has 1 aromatic rings. The molecule has 0 aliphatic carbocycles. The fraction of sp³-hybridized carbons (Fsp3) is 0.600. The molecule has 94 valence electrons. The summed E-state index contributed by atoms with van der Waals surface area (Å²) < 4.78 is 5.88. The molecule has 2 nitrogen and oxygen atoms in total. The van der Waals surface area contributed by atoms with Crippen molar-refractivity contribution < 1.29 is 4.74 Å². The summed E-state index contributed by atoms with van der Waals surface area (Å²) in [6, 6.07) is 9.16. The van der Waals surface area contributed by atoms with Gasteiger partial charge in [0.15, 0.2) is 0 Å². The van der Waals surface area contributed by atoms with Crippen LogP contribution in [0.25, 0.3) is 0 Å². The van der Waals surface area contributed by atoms with Gasteiger partial charge in [-0.15, -0.1) is 0 Å². The van der Waals surface area contributed by atoms with Gasteiger partial charge in [-0.3, -0.25) is 0 Å². The molecule has 0 bridgehead atoms. The summed E-state index contributed by atoms with van der Waals surface area (Å²) in [5, 5.41) is 3.42. The molecule has 1 saturated heterocycles. The van der Waals surface area contributed by atoms with E-state index in [0.29, 0.717) is 18.1 Å². The monoisotopic (exact) mass is 233 g/mol. The maximum Gasteiger partial charge on any atom is 0.0795 e. The van der Waals surface area contributed by atoms with Crippen molar-refractivity contribution in [3.05, 3.63) is 35.4 Å². The number of likely N-dealkylation sites (N-methyl/N-ethyl adjacent to an activating group) is 1. The van der Waals surface area contributed by atoms with Gasteiger partial charge in [-0.2, -0.15) is 0 Å². The summed E-state index contributed by atoms with van der Waals surface area (Å²) >= 11 is 0. The van der Waals surface area contributed by atoms with Gasteiger partial charge in [0, 0.05) is 6.61 Å². The number of benzene rings is 1. The Morgan fingerprint density at radius 3 is 2.88 bits per heavy atom. The summed E-state index contributed by atoms with van der Waals surface area (Å²) in [6.07, 6.45) is 2.58. The molecule has 1 N–H and O–H groups in total. The summed E-state index contributed by atoms with van der Waals surface area (Å²) in [6.45, 7) is 5.38. The second kappa shape index (κ2) is 5.65. The van der Waals surface area contributed by atoms with E-state index in [9.17, 15) is 0 Å². The van der Waals surface area contributed by atoms with Gasteiger partial charge in [-0.05, 0) is 36.9 Å². The quantitative estimate of drug-likeness (QED) is 0.863. The van der Waals surface area contributed by atoms with Crippen LogP contribution in [0.4, 0.5) is 0 Å². The Morgan fingerprint density at radius 1 is 1.47 bits per heavy atom. The lowest BCUT2D eigenvalue weighted by Crippen LogP contribution is -2.32. The smallest absolute Gasteiger partial charge is 0.0795 e. The first-order valence-corrected chi connectivity index (χ1v) is 6.64. The molecule has 1 aliphatic rings. The third-order valence-corrected chi connectivity index (χ3v) is 3.80. The first-order chi connectivity index (χ1) is 8.26. The number of ether oxygens (including phenoxy) is 1. The predicted octanol–water partition coefficient (Wildman–Crippen LogP) is 2.93. The van der Waals surface area contributed by atoms with Gasteiger partial charge < -0.3 is 10.1 Å². The van der Waals surface area contributed by atoms with E-state index in [4.69, 9.17) is 4.74 Å². The summed E-state index contributed by atoms with van der Waals surface area (Å²) in [5.74, 6) is 0.637. The van der Waals surface area contributed by atoms with E-state index in [-0.39, 0.29) is 0 Å². The maximum absolute atomic E-state index is 5.88. The van der Waals surface area contributed by atoms with Gasteiger partial charge in [0.2, 0.25) is 0 Å². The van der Waals surface area contributed by atoms with Crippen LogP contribution in [-0.4, -0.2) is 19.8 Å². The van der Waals surface area contributed by atoms with Crippen LogP contribution in [-0.2, 0) is 11.2 Å². The lowest BCUT2D eigenvalue weighted by Gasteiger charge is -2.26. The molecular formula is C15H23NO. The normalized spacial score (nSPS) is 26.1. The fourth-order valence-electron chi connectivity index (χ4n) is 2.67. The molecule has 3 atom stereocenters. The van der Waals surface area contributed by atoms with Crippen LogP contribution in [0.3, 0.4) is 0 Å². The molecule has 0 radical (unpaired) electrons. The van der Waals surface area contributed by atoms with E-state index < -0.39 is 0 Å². The Kier molecular flexibility index (Phi) is 4.19. The van der Waals surface area contributed by atoms with Crippen LogP contribution in [0.1, 0.15) is 37.4 Å². The van der Waals surface area contributed by atoms with Crippen molar-refractivity contribution in [1.29, 1.82) is 0 Å². The van der Waals surface area contributed by atoms with E-state index >= 15 is 0 Å². The molecule has 1 aromatic carbocycles. The molecule has 1 fully saturated rings. The highest BCUT2D eigenvalue weighted by atomic mass is 16.5. The van der Waals surface area contributed by atoms with Crippen molar-refractivity contribution in [3.8, 4) is 0 Å². The van der Waals surface area contributed by atoms with Gasteiger partial charge in [-0.1, -0.05) is 38.1 Å². The Morgan fingerprint density at radius 2 is 2.29 bits per heavy atom. The van der Waals surface area contributed by atoms with E-state index in [0.717, 1.165) is 13.0 Å². The largest absolute Gasteiger partial charge is 0.376 e. The van der Waals surface area contributed by atoms with E-state index in [1.54, 1.807) is 0 Å². The van der Waals surface area contributed by atoms with Crippen LogP contribution in [0.2, 0.25) is 0 Å². The van der Waals surface area contributed by atoms with Crippen molar-refractivity contribution in [2.45, 2.75) is 38.8 Å². The topological polar surface area (TPSA) is 21.3 Å². The SMILES string of the molecule is CCc1cccc(C(NC)C2OCCC2C)c1. The zero-order valence-corrected chi connectivity index (χ0v) is 11.1. The minimum atomic E-state index is 0.312. The van der Waals surface area contributed by atoms with Gasteiger partial charge in [0.25, 0.3) is 0 Å². The second-order valence-electron chi connectivity index (χ2n) is 4.97. The highest BCUT2D eigenvalue weighted by Gasteiger charge is 2.32. The second-order valence-corrected chi connectivity index (χ2v) is 4.97. The van der Waals surface area contributed by atoms with Crippen LogP contribution < -0.4 is 5.32 Å². The number of hydrogen-bond donors (Lipinski definition) is 1. The van der Waals surface area contributed by atoms with Gasteiger partial charge in [-0.25, -0.2) is 0 Å². The molecule has 0 spiro atoms. The first-order valence-electron chi connectivity index (χ1n) is 6.64. The Balaban J connectivity index is 2.21. The predicted molar refractivity (Wildman–Crippen MR) is 71.1 cm³/mol. The zero-order valence-electron chi connectivity index (χ0n) is 11.1. The lowest BCUT2D eigenvalue weighted by molar-refractivity contribution is 0.0631. The van der Waals surface area contributed by atoms with Crippen LogP contribution in [0, 0.1) is 5.92 Å². The van der Waals surface area contributed by atoms with Crippen LogP contribution >= 0.6 is 0 Å². The summed E-state index contributed by atoms with van der Waals surface area (Å²) in [5.41, 5.74) is 2.75. The Labute approximate surface area is 104 Å². The summed E-state index contributed by atoms with van der Waals surface area (Å²) in [4.78, 5) is 0. The number of rotatable bonds is 4. The molecule has 1 aliphatic heterocycles. The van der Waals surface area contributed by atoms with Crippen molar-refractivity contribution in [1.82, 2.24) is 5.32 Å². The molecule has 17 heavy (non-hydrogen) atoms. The Hall–Kier alpha value is -0.860. The van der Waals surface area contributed by atoms with Gasteiger partial charge in [0.1, 0.15) is 0 Å². The molecule has 0 saturated carbocycles. The average Bonchev–Trinajstić information content (AvgIpc) is 2.77. The first kappa shape index (κ1) is 12.6. The minimum Gasteiger partial charge on any atom is -0.376 e. The average molecular weight is 233 g/mol. The summed E-state index contributed by atoms with van der Waals surface area (Å²) in [7, 11) is 2.03. The molecular weight excluding hydrogens is 210 g/mol. The van der Waals surface area contributed by atoms with Gasteiger partial charge in [0.05, 0.1) is 12.1 Å². The van der Waals surface area contributed by atoms with Crippen molar-refractivity contribution >= 4 is 0 Å². The molecule has 2 heteroatoms. The molecule has 0 amide bonds. The third kappa shape index (κ3) is 2.70. The number of hydrogen-bond acceptors (Lipinski definition) is 2. The van der Waals surface area contributed by atoms with Crippen molar-refractivity contribution in [3.63, 3.8) is 0 Å². The molecule has 2 rings (SSSR count). The third-order valence-electron chi connectivity index (χ3n) is 3.80. The van der Waals surface area contributed by atoms with Crippen LogP contribution in [0.5, 0.6) is 0 Å². The number of nitrogens with one attached hydrogen (secondary N) is 1. The van der Waals surface area contributed by atoms with Crippen molar-refractivity contribution in [2.75, 3.05) is 13.7 Å². The molecule has 3 unspecified atom stereocenters. The van der Waals surface area contributed by atoms with E-state index in [1.165, 1.54) is 17.5 Å². The minimum absolute atomic E-state index is 0.312. The van der Waals surface area contributed by atoms with Crippen LogP contribution in [0.15, 0.2) is 24.3 Å².